The zero-order chi connectivity index (χ0) is 28.9. The molecule has 3 aromatic heterocycles. The van der Waals surface area contributed by atoms with Crippen molar-refractivity contribution >= 4 is 103 Å². The second-order valence-corrected chi connectivity index (χ2v) is 13.7. The van der Waals surface area contributed by atoms with Crippen LogP contribution in [0.2, 0.25) is 0 Å². The van der Waals surface area contributed by atoms with Crippen LogP contribution in [0.25, 0.3) is 74.2 Å². The Morgan fingerprint density at radius 1 is 0.614 bits per heavy atom. The van der Waals surface area contributed by atoms with Crippen molar-refractivity contribution in [1.29, 1.82) is 0 Å². The lowest BCUT2D eigenvalue weighted by atomic mass is 10.00. The molecule has 44 heavy (non-hydrogen) atoms. The molecule has 4 heterocycles. The van der Waals surface area contributed by atoms with Crippen LogP contribution in [0.1, 0.15) is 5.56 Å². The Bertz CT molecular complexity index is 2770. The number of nitrogens with zero attached hydrogens (tertiary/aromatic N) is 2. The molecule has 10 rings (SSSR count). The van der Waals surface area contributed by atoms with E-state index in [-0.39, 0.29) is 0 Å². The lowest BCUT2D eigenvalue weighted by molar-refractivity contribution is 0.784. The number of halogens is 1. The quantitative estimate of drug-likeness (QED) is 0.152. The topological polar surface area (TPSA) is 29.3 Å². The largest absolute Gasteiger partial charge is 0.350 e. The highest BCUT2D eigenvalue weighted by Crippen LogP contribution is 2.47. The summed E-state index contributed by atoms with van der Waals surface area (Å²) in [4.78, 5) is 4.75. The van der Waals surface area contributed by atoms with Gasteiger partial charge < -0.3 is 9.88 Å². The number of thiophene rings is 2. The van der Waals surface area contributed by atoms with Gasteiger partial charge in [0.05, 0.1) is 26.6 Å². The van der Waals surface area contributed by atoms with Crippen molar-refractivity contribution in [1.82, 2.24) is 9.88 Å². The zero-order valence-corrected chi connectivity index (χ0v) is 25.6. The third-order valence-corrected chi connectivity index (χ3v) is 11.5. The van der Waals surface area contributed by atoms with Crippen LogP contribution < -0.4 is 15.2 Å². The first kappa shape index (κ1) is 24.7. The Morgan fingerprint density at radius 2 is 1.25 bits per heavy atom. The average molecular weight is 620 g/mol. The average Bonchev–Trinajstić information content (AvgIpc) is 3.75. The SMILES string of the molecule is ClC1N=c2c(sc3ccccc23)=C(c2ccc(-n3c4ccccc4c4c5ccccc5c5sc6ccccc6c5c43)cc2)N1. The maximum atomic E-state index is 6.63. The fourth-order valence-electron chi connectivity index (χ4n) is 7.04. The van der Waals surface area contributed by atoms with E-state index >= 15 is 0 Å². The monoisotopic (exact) mass is 619 g/mol. The van der Waals surface area contributed by atoms with Crippen LogP contribution in [0.5, 0.6) is 0 Å². The van der Waals surface area contributed by atoms with E-state index in [2.05, 4.69) is 131 Å². The predicted molar refractivity (Wildman–Crippen MR) is 189 cm³/mol. The van der Waals surface area contributed by atoms with Gasteiger partial charge in [-0.15, -0.1) is 22.7 Å². The Balaban J connectivity index is 1.29. The normalized spacial score (nSPS) is 15.0. The molecule has 0 radical (unpaired) electrons. The first-order chi connectivity index (χ1) is 21.7. The van der Waals surface area contributed by atoms with E-state index in [1.165, 1.54) is 57.5 Å². The second kappa shape index (κ2) is 9.16. The summed E-state index contributed by atoms with van der Waals surface area (Å²) in [5.41, 5.74) is 5.22. The van der Waals surface area contributed by atoms with Gasteiger partial charge in [-0.05, 0) is 41.3 Å². The molecule has 0 aliphatic carbocycles. The minimum absolute atomic E-state index is 0.513. The Kier molecular flexibility index (Phi) is 5.15. The number of rotatable bonds is 2. The van der Waals surface area contributed by atoms with Crippen LogP contribution in [-0.2, 0) is 0 Å². The molecule has 208 valence electrons. The third kappa shape index (κ3) is 3.34. The molecule has 6 aromatic carbocycles. The Morgan fingerprint density at radius 3 is 2.05 bits per heavy atom. The number of nitrogens with one attached hydrogen (secondary N) is 1. The fourth-order valence-corrected chi connectivity index (χ4v) is 9.67. The molecule has 0 saturated heterocycles. The van der Waals surface area contributed by atoms with Crippen molar-refractivity contribution in [3.63, 3.8) is 0 Å². The van der Waals surface area contributed by atoms with Crippen LogP contribution in [0.3, 0.4) is 0 Å². The molecule has 1 N–H and O–H groups in total. The number of hydrogen-bond acceptors (Lipinski definition) is 4. The van der Waals surface area contributed by atoms with E-state index in [0.717, 1.165) is 32.2 Å². The predicted octanol–water partition coefficient (Wildman–Crippen LogP) is 9.42. The van der Waals surface area contributed by atoms with Crippen molar-refractivity contribution in [2.45, 2.75) is 5.62 Å². The van der Waals surface area contributed by atoms with Crippen LogP contribution >= 0.6 is 34.3 Å². The summed E-state index contributed by atoms with van der Waals surface area (Å²) in [7, 11) is 0. The van der Waals surface area contributed by atoms with E-state index in [9.17, 15) is 0 Å². The van der Waals surface area contributed by atoms with Gasteiger partial charge in [-0.1, -0.05) is 103 Å². The van der Waals surface area contributed by atoms with Gasteiger partial charge in [0.25, 0.3) is 0 Å². The van der Waals surface area contributed by atoms with Gasteiger partial charge in [0.2, 0.25) is 0 Å². The maximum Gasteiger partial charge on any atom is 0.196 e. The van der Waals surface area contributed by atoms with E-state index in [4.69, 9.17) is 16.6 Å². The third-order valence-electron chi connectivity index (χ3n) is 8.86. The van der Waals surface area contributed by atoms with Crippen LogP contribution in [0.4, 0.5) is 0 Å². The Labute approximate surface area is 264 Å². The fraction of sp³-hybridized carbons (Fsp3) is 0.0263. The van der Waals surface area contributed by atoms with Gasteiger partial charge in [-0.2, -0.15) is 0 Å². The van der Waals surface area contributed by atoms with Gasteiger partial charge >= 0.3 is 0 Å². The van der Waals surface area contributed by atoms with Crippen LogP contribution in [0, 0.1) is 0 Å². The van der Waals surface area contributed by atoms with Crippen molar-refractivity contribution in [3.8, 4) is 5.69 Å². The smallest absolute Gasteiger partial charge is 0.196 e. The lowest BCUT2D eigenvalue weighted by Gasteiger charge is -2.17. The summed E-state index contributed by atoms with van der Waals surface area (Å²) in [5.74, 6) is 0. The summed E-state index contributed by atoms with van der Waals surface area (Å²) in [6.07, 6.45) is 0. The Hall–Kier alpha value is -4.68. The summed E-state index contributed by atoms with van der Waals surface area (Å²) < 4.78 is 7.46. The number of fused-ring (bicyclic) bond motifs is 13. The second-order valence-electron chi connectivity index (χ2n) is 11.2. The minimum atomic E-state index is -0.513. The maximum absolute atomic E-state index is 6.63. The van der Waals surface area contributed by atoms with Crippen molar-refractivity contribution in [2.75, 3.05) is 0 Å². The lowest BCUT2D eigenvalue weighted by Crippen LogP contribution is -2.38. The molecule has 3 nitrogen and oxygen atoms in total. The number of para-hydroxylation sites is 1. The highest BCUT2D eigenvalue weighted by molar-refractivity contribution is 7.27. The number of aromatic nitrogens is 1. The van der Waals surface area contributed by atoms with Gasteiger partial charge in [-0.25, -0.2) is 4.99 Å². The van der Waals surface area contributed by atoms with Crippen molar-refractivity contribution < 1.29 is 0 Å². The summed E-state index contributed by atoms with van der Waals surface area (Å²) in [6, 6.07) is 43.8. The van der Waals surface area contributed by atoms with Gasteiger partial charge in [-0.3, -0.25) is 0 Å². The summed E-state index contributed by atoms with van der Waals surface area (Å²) in [6.45, 7) is 0. The molecule has 9 aromatic rings. The molecule has 6 heteroatoms. The molecule has 1 aliphatic heterocycles. The molecule has 0 bridgehead atoms. The number of hydrogen-bond donors (Lipinski definition) is 1. The zero-order valence-electron chi connectivity index (χ0n) is 23.2. The molecule has 0 spiro atoms. The van der Waals surface area contributed by atoms with E-state index < -0.39 is 5.62 Å². The summed E-state index contributed by atoms with van der Waals surface area (Å²) in [5, 5.41) is 13.4. The highest BCUT2D eigenvalue weighted by Gasteiger charge is 2.22. The van der Waals surface area contributed by atoms with E-state index in [1.807, 2.05) is 11.3 Å². The molecular formula is C38H22ClN3S2. The molecule has 0 fully saturated rings. The van der Waals surface area contributed by atoms with E-state index in [0.29, 0.717) is 0 Å². The van der Waals surface area contributed by atoms with Crippen molar-refractivity contribution in [3.05, 3.63) is 137 Å². The van der Waals surface area contributed by atoms with Crippen molar-refractivity contribution in [2.24, 2.45) is 4.99 Å². The molecule has 1 atom stereocenters. The number of benzene rings is 6. The van der Waals surface area contributed by atoms with Gasteiger partial charge in [0, 0.05) is 52.1 Å². The van der Waals surface area contributed by atoms with Gasteiger partial charge in [0.1, 0.15) is 0 Å². The molecule has 1 aliphatic rings. The minimum Gasteiger partial charge on any atom is -0.350 e. The standard InChI is InChI=1S/C38H22ClN3S2/c39-38-40-33(37-34(41-38)27-13-5-8-16-30(27)44-37)21-17-19-22(20-18-21)42-28-14-6-3-11-25(28)31-23-9-1-2-10-24(23)36-32(35(31)42)26-12-4-7-15-29(26)43-36/h1-20,38,40H. The number of alkyl halides is 1. The summed E-state index contributed by atoms with van der Waals surface area (Å²) >= 11 is 10.3. The van der Waals surface area contributed by atoms with Gasteiger partial charge in [0.15, 0.2) is 5.62 Å². The molecule has 0 saturated carbocycles. The molecular weight excluding hydrogens is 598 g/mol. The first-order valence-corrected chi connectivity index (χ1v) is 16.7. The van der Waals surface area contributed by atoms with E-state index in [1.54, 1.807) is 11.3 Å². The molecule has 1 unspecified atom stereocenters. The first-order valence-electron chi connectivity index (χ1n) is 14.6. The highest BCUT2D eigenvalue weighted by atomic mass is 35.5. The molecule has 0 amide bonds. The van der Waals surface area contributed by atoms with Crippen LogP contribution in [-0.4, -0.2) is 10.2 Å². The van der Waals surface area contributed by atoms with Crippen LogP contribution in [0.15, 0.2) is 126 Å².